The van der Waals surface area contributed by atoms with Crippen LogP contribution in [0.2, 0.25) is 0 Å². The standard InChI is InChI=1S/C13H13F3N2O5/c1-7-2-3-8(4-9(7)19)11(21)23-5-10(20)18-12(22)17-6-13(14,15)16/h2-4,19H,5-6H2,1H3,(H2,17,18,20,22). The molecule has 0 fully saturated rings. The summed E-state index contributed by atoms with van der Waals surface area (Å²) in [7, 11) is 0. The smallest absolute Gasteiger partial charge is 0.405 e. The maximum absolute atomic E-state index is 11.8. The van der Waals surface area contributed by atoms with E-state index in [4.69, 9.17) is 0 Å². The van der Waals surface area contributed by atoms with Gasteiger partial charge in [0, 0.05) is 0 Å². The number of ether oxygens (including phenoxy) is 1. The molecule has 10 heteroatoms. The first-order valence-electron chi connectivity index (χ1n) is 6.19. The molecule has 1 aromatic rings. The van der Waals surface area contributed by atoms with Crippen LogP contribution in [-0.4, -0.2) is 42.3 Å². The predicted molar refractivity (Wildman–Crippen MR) is 70.7 cm³/mol. The zero-order chi connectivity index (χ0) is 17.6. The first-order chi connectivity index (χ1) is 10.6. The summed E-state index contributed by atoms with van der Waals surface area (Å²) in [6.07, 6.45) is -4.61. The highest BCUT2D eigenvalue weighted by molar-refractivity contribution is 5.97. The number of aryl methyl sites for hydroxylation is 1. The van der Waals surface area contributed by atoms with Crippen LogP contribution < -0.4 is 10.6 Å². The third kappa shape index (κ3) is 6.68. The van der Waals surface area contributed by atoms with E-state index in [1.807, 2.05) is 0 Å². The van der Waals surface area contributed by atoms with Gasteiger partial charge in [0.05, 0.1) is 5.56 Å². The average Bonchev–Trinajstić information content (AvgIpc) is 2.45. The Hall–Kier alpha value is -2.78. The lowest BCUT2D eigenvalue weighted by molar-refractivity contribution is -0.125. The lowest BCUT2D eigenvalue weighted by Gasteiger charge is -2.09. The van der Waals surface area contributed by atoms with Crippen molar-refractivity contribution in [3.63, 3.8) is 0 Å². The summed E-state index contributed by atoms with van der Waals surface area (Å²) in [5, 5.41) is 12.4. The highest BCUT2D eigenvalue weighted by Crippen LogP contribution is 2.17. The van der Waals surface area contributed by atoms with Gasteiger partial charge in [0.1, 0.15) is 12.3 Å². The normalized spacial score (nSPS) is 10.8. The van der Waals surface area contributed by atoms with Crippen LogP contribution in [0.4, 0.5) is 18.0 Å². The molecule has 0 atom stereocenters. The van der Waals surface area contributed by atoms with Gasteiger partial charge in [-0.05, 0) is 24.6 Å². The highest BCUT2D eigenvalue weighted by Gasteiger charge is 2.28. The van der Waals surface area contributed by atoms with Gasteiger partial charge in [0.25, 0.3) is 5.91 Å². The van der Waals surface area contributed by atoms with Gasteiger partial charge in [0.2, 0.25) is 0 Å². The molecule has 1 rings (SSSR count). The van der Waals surface area contributed by atoms with Gasteiger partial charge >= 0.3 is 18.2 Å². The molecule has 0 aliphatic carbocycles. The van der Waals surface area contributed by atoms with E-state index in [-0.39, 0.29) is 11.3 Å². The molecule has 0 bridgehead atoms. The van der Waals surface area contributed by atoms with Gasteiger partial charge in [-0.25, -0.2) is 9.59 Å². The summed E-state index contributed by atoms with van der Waals surface area (Å²) < 4.78 is 40.1. The van der Waals surface area contributed by atoms with Crippen LogP contribution >= 0.6 is 0 Å². The molecular weight excluding hydrogens is 321 g/mol. The number of urea groups is 1. The number of nitrogens with one attached hydrogen (secondary N) is 2. The van der Waals surface area contributed by atoms with Crippen molar-refractivity contribution in [1.82, 2.24) is 10.6 Å². The van der Waals surface area contributed by atoms with E-state index < -0.39 is 37.2 Å². The number of carbonyl (C=O) groups is 3. The van der Waals surface area contributed by atoms with E-state index in [1.54, 1.807) is 12.2 Å². The number of hydrogen-bond donors (Lipinski definition) is 3. The molecule has 0 spiro atoms. The van der Waals surface area contributed by atoms with Crippen LogP contribution in [0.25, 0.3) is 0 Å². The Morgan fingerprint density at radius 1 is 1.26 bits per heavy atom. The number of imide groups is 1. The number of benzene rings is 1. The second kappa shape index (κ2) is 7.47. The summed E-state index contributed by atoms with van der Waals surface area (Å²) in [6.45, 7) is -0.862. The molecule has 3 N–H and O–H groups in total. The van der Waals surface area contributed by atoms with Crippen molar-refractivity contribution >= 4 is 17.9 Å². The zero-order valence-corrected chi connectivity index (χ0v) is 11.9. The Kier molecular flexibility index (Phi) is 5.94. The number of alkyl halides is 3. The molecule has 0 saturated heterocycles. The maximum atomic E-state index is 11.8. The molecular formula is C13H13F3N2O5. The van der Waals surface area contributed by atoms with Gasteiger partial charge < -0.3 is 15.2 Å². The quantitative estimate of drug-likeness (QED) is 0.719. The van der Waals surface area contributed by atoms with E-state index in [2.05, 4.69) is 4.74 Å². The molecule has 3 amide bonds. The lowest BCUT2D eigenvalue weighted by Crippen LogP contribution is -2.44. The molecule has 0 aromatic heterocycles. The van der Waals surface area contributed by atoms with Crippen LogP contribution in [0, 0.1) is 6.92 Å². The van der Waals surface area contributed by atoms with E-state index >= 15 is 0 Å². The summed E-state index contributed by atoms with van der Waals surface area (Å²) >= 11 is 0. The fourth-order valence-electron chi connectivity index (χ4n) is 1.34. The molecule has 126 valence electrons. The van der Waals surface area contributed by atoms with Crippen LogP contribution in [0.1, 0.15) is 15.9 Å². The topological polar surface area (TPSA) is 105 Å². The number of amides is 3. The largest absolute Gasteiger partial charge is 0.508 e. The number of aromatic hydroxyl groups is 1. The second-order valence-electron chi connectivity index (χ2n) is 4.42. The molecule has 0 heterocycles. The number of carbonyl (C=O) groups excluding carboxylic acids is 3. The van der Waals surface area contributed by atoms with Crippen LogP contribution in [0.15, 0.2) is 18.2 Å². The summed E-state index contributed by atoms with van der Waals surface area (Å²) in [5.41, 5.74) is 0.503. The van der Waals surface area contributed by atoms with E-state index in [0.29, 0.717) is 5.56 Å². The molecule has 1 aromatic carbocycles. The fraction of sp³-hybridized carbons (Fsp3) is 0.308. The average molecular weight is 334 g/mol. The minimum atomic E-state index is -4.61. The molecule has 0 aliphatic rings. The molecule has 23 heavy (non-hydrogen) atoms. The number of phenolic OH excluding ortho intramolecular Hbond substituents is 1. The summed E-state index contributed by atoms with van der Waals surface area (Å²) in [5.74, 6) is -2.18. The Bertz CT molecular complexity index is 616. The Morgan fingerprint density at radius 3 is 2.48 bits per heavy atom. The van der Waals surface area contributed by atoms with Crippen molar-refractivity contribution in [2.24, 2.45) is 0 Å². The molecule has 0 unspecified atom stereocenters. The van der Waals surface area contributed by atoms with Gasteiger partial charge in [-0.15, -0.1) is 0 Å². The fourth-order valence-corrected chi connectivity index (χ4v) is 1.34. The lowest BCUT2D eigenvalue weighted by atomic mass is 10.1. The minimum absolute atomic E-state index is 0.0255. The minimum Gasteiger partial charge on any atom is -0.508 e. The van der Waals surface area contributed by atoms with Crippen molar-refractivity contribution in [2.75, 3.05) is 13.2 Å². The number of halogens is 3. The second-order valence-corrected chi connectivity index (χ2v) is 4.42. The van der Waals surface area contributed by atoms with E-state index in [0.717, 1.165) is 6.07 Å². The molecule has 0 radical (unpaired) electrons. The monoisotopic (exact) mass is 334 g/mol. The Labute approximate surface area is 128 Å². The van der Waals surface area contributed by atoms with Gasteiger partial charge in [-0.1, -0.05) is 6.07 Å². The third-order valence-corrected chi connectivity index (χ3v) is 2.48. The van der Waals surface area contributed by atoms with Gasteiger partial charge in [-0.3, -0.25) is 10.1 Å². The van der Waals surface area contributed by atoms with Crippen molar-refractivity contribution in [2.45, 2.75) is 13.1 Å². The Balaban J connectivity index is 2.42. The van der Waals surface area contributed by atoms with E-state index in [1.165, 1.54) is 17.4 Å². The van der Waals surface area contributed by atoms with Crippen molar-refractivity contribution < 1.29 is 37.4 Å². The van der Waals surface area contributed by atoms with Crippen LogP contribution in [0.3, 0.4) is 0 Å². The number of hydrogen-bond acceptors (Lipinski definition) is 5. The van der Waals surface area contributed by atoms with Crippen molar-refractivity contribution in [3.8, 4) is 5.75 Å². The third-order valence-electron chi connectivity index (χ3n) is 2.48. The SMILES string of the molecule is Cc1ccc(C(=O)OCC(=O)NC(=O)NCC(F)(F)F)cc1O. The number of phenols is 1. The molecule has 0 saturated carbocycles. The van der Waals surface area contributed by atoms with Crippen LogP contribution in [0.5, 0.6) is 5.75 Å². The van der Waals surface area contributed by atoms with Gasteiger partial charge in [0.15, 0.2) is 6.61 Å². The summed E-state index contributed by atoms with van der Waals surface area (Å²) in [4.78, 5) is 33.8. The van der Waals surface area contributed by atoms with Gasteiger partial charge in [-0.2, -0.15) is 13.2 Å². The molecule has 0 aliphatic heterocycles. The zero-order valence-electron chi connectivity index (χ0n) is 11.9. The summed E-state index contributed by atoms with van der Waals surface area (Å²) in [6, 6.07) is 2.57. The molecule has 7 nitrogen and oxygen atoms in total. The highest BCUT2D eigenvalue weighted by atomic mass is 19.4. The van der Waals surface area contributed by atoms with Crippen molar-refractivity contribution in [1.29, 1.82) is 0 Å². The number of rotatable bonds is 4. The van der Waals surface area contributed by atoms with Crippen LogP contribution in [-0.2, 0) is 9.53 Å². The first-order valence-corrected chi connectivity index (χ1v) is 6.19. The predicted octanol–water partition coefficient (Wildman–Crippen LogP) is 1.25. The van der Waals surface area contributed by atoms with E-state index in [9.17, 15) is 32.7 Å². The first kappa shape index (κ1) is 18.3. The Morgan fingerprint density at radius 2 is 1.91 bits per heavy atom. The van der Waals surface area contributed by atoms with Crippen molar-refractivity contribution in [3.05, 3.63) is 29.3 Å². The number of esters is 1. The maximum Gasteiger partial charge on any atom is 0.405 e.